The first kappa shape index (κ1) is 12.9. The fourth-order valence-electron chi connectivity index (χ4n) is 3.13. The zero-order chi connectivity index (χ0) is 13.4. The molecular weight excluding hydrogens is 304 g/mol. The minimum atomic E-state index is 0.501. The van der Waals surface area contributed by atoms with E-state index in [9.17, 15) is 0 Å². The molecule has 1 aliphatic rings. The Hall–Kier alpha value is -1.10. The van der Waals surface area contributed by atoms with Crippen molar-refractivity contribution in [2.45, 2.75) is 39.2 Å². The summed E-state index contributed by atoms with van der Waals surface area (Å²) in [6, 6.07) is 4.45. The highest BCUT2D eigenvalue weighted by atomic mass is 79.9. The zero-order valence-corrected chi connectivity index (χ0v) is 12.9. The average molecular weight is 323 g/mol. The number of nitrogens with one attached hydrogen (secondary N) is 1. The van der Waals surface area contributed by atoms with Gasteiger partial charge in [0.2, 0.25) is 5.95 Å². The molecule has 1 fully saturated rings. The third-order valence-electron chi connectivity index (χ3n) is 4.38. The summed E-state index contributed by atoms with van der Waals surface area (Å²) < 4.78 is 2.78. The number of pyridine rings is 1. The van der Waals surface area contributed by atoms with E-state index in [1.54, 1.807) is 0 Å². The lowest BCUT2D eigenvalue weighted by Gasteiger charge is -2.19. The first-order valence-electron chi connectivity index (χ1n) is 6.96. The molecule has 0 amide bonds. The van der Waals surface area contributed by atoms with Gasteiger partial charge in [-0.1, -0.05) is 20.3 Å². The van der Waals surface area contributed by atoms with Crippen LogP contribution in [0.2, 0.25) is 0 Å². The number of hydrogen-bond acceptors (Lipinski definition) is 3. The maximum Gasteiger partial charge on any atom is 0.243 e. The summed E-state index contributed by atoms with van der Waals surface area (Å²) in [4.78, 5) is 4.55. The third kappa shape index (κ3) is 2.36. The normalized spacial score (nSPS) is 27.0. The predicted octanol–water partition coefficient (Wildman–Crippen LogP) is 3.73. The molecule has 0 saturated heterocycles. The minimum absolute atomic E-state index is 0.501. The van der Waals surface area contributed by atoms with Gasteiger partial charge in [0, 0.05) is 12.2 Å². The highest BCUT2D eigenvalue weighted by molar-refractivity contribution is 9.10. The molecule has 1 N–H and O–H groups in total. The molecular formula is C14H19BrN4. The second kappa shape index (κ2) is 5.12. The van der Waals surface area contributed by atoms with Crippen LogP contribution in [-0.2, 0) is 0 Å². The van der Waals surface area contributed by atoms with Crippen molar-refractivity contribution in [2.24, 2.45) is 11.8 Å². The van der Waals surface area contributed by atoms with Gasteiger partial charge in [-0.25, -0.2) is 4.52 Å². The van der Waals surface area contributed by atoms with Crippen molar-refractivity contribution in [3.8, 4) is 0 Å². The molecule has 3 unspecified atom stereocenters. The molecule has 0 spiro atoms. The summed E-state index contributed by atoms with van der Waals surface area (Å²) in [6.07, 6.45) is 5.72. The fourth-order valence-corrected chi connectivity index (χ4v) is 3.55. The third-order valence-corrected chi connectivity index (χ3v) is 5.00. The van der Waals surface area contributed by atoms with Crippen LogP contribution < -0.4 is 5.32 Å². The second-order valence-electron chi connectivity index (χ2n) is 5.42. The van der Waals surface area contributed by atoms with E-state index in [2.05, 4.69) is 45.2 Å². The standard InChI is InChI=1S/C14H19BrN4/c1-3-10-6-7-12(9(10)2)16-14-17-13-11(15)5-4-8-19(13)18-14/h4-5,8-10,12H,3,6-7H2,1-2H3,(H,16,18). The van der Waals surface area contributed by atoms with Crippen LogP contribution in [0.3, 0.4) is 0 Å². The van der Waals surface area contributed by atoms with Crippen LogP contribution in [0.1, 0.15) is 33.1 Å². The van der Waals surface area contributed by atoms with Crippen LogP contribution in [0, 0.1) is 11.8 Å². The highest BCUT2D eigenvalue weighted by Crippen LogP contribution is 2.35. The van der Waals surface area contributed by atoms with Gasteiger partial charge in [-0.15, -0.1) is 5.10 Å². The maximum absolute atomic E-state index is 4.55. The Bertz CT molecular complexity index is 580. The number of halogens is 1. The van der Waals surface area contributed by atoms with Gasteiger partial charge in [0.05, 0.1) is 4.47 Å². The Balaban J connectivity index is 1.81. The van der Waals surface area contributed by atoms with Crippen molar-refractivity contribution in [1.29, 1.82) is 0 Å². The molecule has 102 valence electrons. The molecule has 1 aliphatic carbocycles. The van der Waals surface area contributed by atoms with Crippen molar-refractivity contribution in [3.05, 3.63) is 22.8 Å². The monoisotopic (exact) mass is 322 g/mol. The van der Waals surface area contributed by atoms with E-state index < -0.39 is 0 Å². The van der Waals surface area contributed by atoms with Crippen LogP contribution in [0.4, 0.5) is 5.95 Å². The van der Waals surface area contributed by atoms with Crippen LogP contribution >= 0.6 is 15.9 Å². The number of rotatable bonds is 3. The molecule has 2 heterocycles. The molecule has 0 aliphatic heterocycles. The molecule has 3 rings (SSSR count). The number of nitrogens with zero attached hydrogens (tertiary/aromatic N) is 3. The number of anilines is 1. The average Bonchev–Trinajstić information content (AvgIpc) is 2.96. The molecule has 0 aromatic carbocycles. The van der Waals surface area contributed by atoms with E-state index in [0.717, 1.165) is 22.0 Å². The van der Waals surface area contributed by atoms with Gasteiger partial charge in [-0.2, -0.15) is 4.98 Å². The molecule has 3 atom stereocenters. The quantitative estimate of drug-likeness (QED) is 0.936. The van der Waals surface area contributed by atoms with Crippen LogP contribution in [0.25, 0.3) is 5.65 Å². The number of aromatic nitrogens is 3. The molecule has 0 bridgehead atoms. The van der Waals surface area contributed by atoms with Crippen molar-refractivity contribution in [3.63, 3.8) is 0 Å². The van der Waals surface area contributed by atoms with E-state index in [1.165, 1.54) is 19.3 Å². The SMILES string of the molecule is CCC1CCC(Nc2nc3c(Br)cccn3n2)C1C. The Labute approximate surface area is 121 Å². The largest absolute Gasteiger partial charge is 0.350 e. The van der Waals surface area contributed by atoms with Gasteiger partial charge in [-0.05, 0) is 52.7 Å². The van der Waals surface area contributed by atoms with E-state index >= 15 is 0 Å². The van der Waals surface area contributed by atoms with E-state index in [4.69, 9.17) is 0 Å². The van der Waals surface area contributed by atoms with Gasteiger partial charge < -0.3 is 5.32 Å². The maximum atomic E-state index is 4.55. The second-order valence-corrected chi connectivity index (χ2v) is 6.27. The van der Waals surface area contributed by atoms with Gasteiger partial charge in [-0.3, -0.25) is 0 Å². The Kier molecular flexibility index (Phi) is 3.48. The summed E-state index contributed by atoms with van der Waals surface area (Å²) in [5.74, 6) is 2.27. The van der Waals surface area contributed by atoms with Crippen molar-refractivity contribution >= 4 is 27.5 Å². The molecule has 5 heteroatoms. The lowest BCUT2D eigenvalue weighted by molar-refractivity contribution is 0.391. The molecule has 2 aromatic rings. The predicted molar refractivity (Wildman–Crippen MR) is 80.3 cm³/mol. The topological polar surface area (TPSA) is 42.2 Å². The summed E-state index contributed by atoms with van der Waals surface area (Å²) in [6.45, 7) is 4.62. The smallest absolute Gasteiger partial charge is 0.243 e. The fraction of sp³-hybridized carbons (Fsp3) is 0.571. The lowest BCUT2D eigenvalue weighted by Crippen LogP contribution is -2.25. The molecule has 19 heavy (non-hydrogen) atoms. The van der Waals surface area contributed by atoms with Gasteiger partial charge in [0.15, 0.2) is 5.65 Å². The van der Waals surface area contributed by atoms with Crippen LogP contribution in [-0.4, -0.2) is 20.6 Å². The van der Waals surface area contributed by atoms with Crippen molar-refractivity contribution in [1.82, 2.24) is 14.6 Å². The first-order chi connectivity index (χ1) is 9.19. The van der Waals surface area contributed by atoms with Crippen LogP contribution in [0.5, 0.6) is 0 Å². The van der Waals surface area contributed by atoms with Gasteiger partial charge in [0.1, 0.15) is 0 Å². The van der Waals surface area contributed by atoms with Gasteiger partial charge >= 0.3 is 0 Å². The number of hydrogen-bond donors (Lipinski definition) is 1. The Morgan fingerprint density at radius 1 is 1.47 bits per heavy atom. The zero-order valence-electron chi connectivity index (χ0n) is 11.3. The summed E-state index contributed by atoms with van der Waals surface area (Å²) in [5, 5.41) is 7.99. The lowest BCUT2D eigenvalue weighted by atomic mass is 9.94. The summed E-state index contributed by atoms with van der Waals surface area (Å²) in [5.41, 5.74) is 0.864. The number of fused-ring (bicyclic) bond motifs is 1. The molecule has 2 aromatic heterocycles. The summed E-state index contributed by atoms with van der Waals surface area (Å²) >= 11 is 3.50. The summed E-state index contributed by atoms with van der Waals surface area (Å²) in [7, 11) is 0. The van der Waals surface area contributed by atoms with E-state index in [-0.39, 0.29) is 0 Å². The van der Waals surface area contributed by atoms with E-state index in [0.29, 0.717) is 12.0 Å². The van der Waals surface area contributed by atoms with Gasteiger partial charge in [0.25, 0.3) is 0 Å². The molecule has 1 saturated carbocycles. The first-order valence-corrected chi connectivity index (χ1v) is 7.75. The van der Waals surface area contributed by atoms with Crippen molar-refractivity contribution in [2.75, 3.05) is 5.32 Å². The highest BCUT2D eigenvalue weighted by Gasteiger charge is 2.32. The molecule has 4 nitrogen and oxygen atoms in total. The Morgan fingerprint density at radius 3 is 3.00 bits per heavy atom. The van der Waals surface area contributed by atoms with Crippen LogP contribution in [0.15, 0.2) is 22.8 Å². The van der Waals surface area contributed by atoms with E-state index in [1.807, 2.05) is 22.8 Å². The minimum Gasteiger partial charge on any atom is -0.350 e. The molecule has 0 radical (unpaired) electrons. The Morgan fingerprint density at radius 2 is 2.32 bits per heavy atom. The van der Waals surface area contributed by atoms with Crippen molar-refractivity contribution < 1.29 is 0 Å².